The molecule has 0 radical (unpaired) electrons. The average Bonchev–Trinajstić information content (AvgIpc) is 3.04. The van der Waals surface area contributed by atoms with E-state index in [9.17, 15) is 13.2 Å². The highest BCUT2D eigenvalue weighted by atomic mass is 32.2. The van der Waals surface area contributed by atoms with Crippen LogP contribution in [0.2, 0.25) is 0 Å². The standard InChI is InChI=1S/C20H20N4O4S/c1-13-12-19(22-15(3)21-13)24-29(26,27)18-9-5-16(6-10-18)23-20(25)11-8-17-7-4-14(2)28-17/h4-12H,1-3H3,(H,23,25)(H,21,22,24)/b11-8+. The molecule has 2 aromatic heterocycles. The highest BCUT2D eigenvalue weighted by molar-refractivity contribution is 7.92. The molecule has 3 rings (SSSR count). The maximum atomic E-state index is 12.5. The van der Waals surface area contributed by atoms with Crippen LogP contribution in [0.25, 0.3) is 6.08 Å². The minimum Gasteiger partial charge on any atom is -0.462 e. The summed E-state index contributed by atoms with van der Waals surface area (Å²) in [6.45, 7) is 5.25. The van der Waals surface area contributed by atoms with Crippen LogP contribution >= 0.6 is 0 Å². The first-order valence-electron chi connectivity index (χ1n) is 8.72. The highest BCUT2D eigenvalue weighted by Gasteiger charge is 2.15. The number of rotatable bonds is 6. The largest absolute Gasteiger partial charge is 0.462 e. The summed E-state index contributed by atoms with van der Waals surface area (Å²) in [5.74, 6) is 1.63. The SMILES string of the molecule is Cc1cc(NS(=O)(=O)c2ccc(NC(=O)/C=C/c3ccc(C)o3)cc2)nc(C)n1. The molecule has 0 saturated heterocycles. The van der Waals surface area contributed by atoms with Gasteiger partial charge in [0.2, 0.25) is 5.91 Å². The van der Waals surface area contributed by atoms with Gasteiger partial charge < -0.3 is 9.73 Å². The Morgan fingerprint density at radius 2 is 1.76 bits per heavy atom. The van der Waals surface area contributed by atoms with Crippen molar-refractivity contribution >= 4 is 33.5 Å². The van der Waals surface area contributed by atoms with Gasteiger partial charge in [-0.25, -0.2) is 18.4 Å². The second-order valence-electron chi connectivity index (χ2n) is 6.34. The molecule has 0 aliphatic carbocycles. The van der Waals surface area contributed by atoms with Crippen molar-refractivity contribution in [3.8, 4) is 0 Å². The van der Waals surface area contributed by atoms with Crippen molar-refractivity contribution in [2.24, 2.45) is 0 Å². The number of carbonyl (C=O) groups is 1. The minimum atomic E-state index is -3.82. The lowest BCUT2D eigenvalue weighted by atomic mass is 10.3. The number of aromatic nitrogens is 2. The Kier molecular flexibility index (Phi) is 5.79. The van der Waals surface area contributed by atoms with E-state index in [0.29, 0.717) is 23.0 Å². The molecule has 3 aromatic rings. The molecule has 2 N–H and O–H groups in total. The topological polar surface area (TPSA) is 114 Å². The van der Waals surface area contributed by atoms with Gasteiger partial charge in [0.15, 0.2) is 0 Å². The number of hydrogen-bond acceptors (Lipinski definition) is 6. The number of nitrogens with one attached hydrogen (secondary N) is 2. The number of carbonyl (C=O) groups excluding carboxylic acids is 1. The van der Waals surface area contributed by atoms with E-state index in [1.807, 2.05) is 6.92 Å². The van der Waals surface area contributed by atoms with Crippen LogP contribution in [-0.4, -0.2) is 24.3 Å². The summed E-state index contributed by atoms with van der Waals surface area (Å²) in [5.41, 5.74) is 1.12. The van der Waals surface area contributed by atoms with E-state index in [4.69, 9.17) is 4.42 Å². The molecule has 8 nitrogen and oxygen atoms in total. The molecular weight excluding hydrogens is 392 g/mol. The average molecular weight is 412 g/mol. The lowest BCUT2D eigenvalue weighted by Crippen LogP contribution is -2.15. The van der Waals surface area contributed by atoms with Crippen LogP contribution in [0, 0.1) is 20.8 Å². The highest BCUT2D eigenvalue weighted by Crippen LogP contribution is 2.18. The zero-order valence-corrected chi connectivity index (χ0v) is 16.9. The molecule has 1 aromatic carbocycles. The summed E-state index contributed by atoms with van der Waals surface area (Å²) in [6, 6.07) is 10.9. The van der Waals surface area contributed by atoms with E-state index in [-0.39, 0.29) is 16.6 Å². The fourth-order valence-corrected chi connectivity index (χ4v) is 3.56. The van der Waals surface area contributed by atoms with Gasteiger partial charge in [-0.3, -0.25) is 9.52 Å². The Bertz CT molecular complexity index is 1150. The number of amides is 1. The molecule has 2 heterocycles. The molecule has 0 spiro atoms. The Hall–Kier alpha value is -3.46. The van der Waals surface area contributed by atoms with Crippen molar-refractivity contribution in [1.82, 2.24) is 9.97 Å². The van der Waals surface area contributed by atoms with E-state index in [2.05, 4.69) is 20.0 Å². The summed E-state index contributed by atoms with van der Waals surface area (Å²) >= 11 is 0. The molecule has 0 saturated carbocycles. The van der Waals surface area contributed by atoms with E-state index in [1.54, 1.807) is 38.1 Å². The number of hydrogen-bond donors (Lipinski definition) is 2. The quantitative estimate of drug-likeness (QED) is 0.600. The van der Waals surface area contributed by atoms with Crippen molar-refractivity contribution in [1.29, 1.82) is 0 Å². The van der Waals surface area contributed by atoms with Crippen LogP contribution in [-0.2, 0) is 14.8 Å². The molecule has 9 heteroatoms. The zero-order chi connectivity index (χ0) is 21.0. The summed E-state index contributed by atoms with van der Waals surface area (Å²) in [7, 11) is -3.82. The molecule has 0 bridgehead atoms. The van der Waals surface area contributed by atoms with Gasteiger partial charge in [-0.15, -0.1) is 0 Å². The van der Waals surface area contributed by atoms with Gasteiger partial charge in [0.25, 0.3) is 10.0 Å². The molecule has 0 fully saturated rings. The predicted octanol–water partition coefficient (Wildman–Crippen LogP) is 3.45. The van der Waals surface area contributed by atoms with Gasteiger partial charge >= 0.3 is 0 Å². The molecular formula is C20H20N4O4S. The van der Waals surface area contributed by atoms with Gasteiger partial charge in [0.1, 0.15) is 23.2 Å². The third kappa shape index (κ3) is 5.52. The van der Waals surface area contributed by atoms with Crippen molar-refractivity contribution in [2.45, 2.75) is 25.7 Å². The van der Waals surface area contributed by atoms with Gasteiger partial charge in [0, 0.05) is 23.5 Å². The summed E-state index contributed by atoms with van der Waals surface area (Å²) in [4.78, 5) is 20.2. The van der Waals surface area contributed by atoms with Crippen molar-refractivity contribution < 1.29 is 17.6 Å². The third-order valence-corrected chi connectivity index (χ3v) is 5.17. The van der Waals surface area contributed by atoms with Crippen LogP contribution in [0.4, 0.5) is 11.5 Å². The monoisotopic (exact) mass is 412 g/mol. The first-order valence-corrected chi connectivity index (χ1v) is 10.2. The fourth-order valence-electron chi connectivity index (χ4n) is 2.57. The normalized spacial score (nSPS) is 11.6. The predicted molar refractivity (Wildman–Crippen MR) is 110 cm³/mol. The fraction of sp³-hybridized carbons (Fsp3) is 0.150. The molecule has 1 amide bonds. The van der Waals surface area contributed by atoms with Crippen molar-refractivity contribution in [3.63, 3.8) is 0 Å². The molecule has 150 valence electrons. The third-order valence-electron chi connectivity index (χ3n) is 3.80. The summed E-state index contributed by atoms with van der Waals surface area (Å²) in [6.07, 6.45) is 2.89. The lowest BCUT2D eigenvalue weighted by molar-refractivity contribution is -0.111. The van der Waals surface area contributed by atoms with E-state index < -0.39 is 10.0 Å². The maximum absolute atomic E-state index is 12.5. The van der Waals surface area contributed by atoms with E-state index >= 15 is 0 Å². The number of anilines is 2. The van der Waals surface area contributed by atoms with Crippen molar-refractivity contribution in [3.05, 3.63) is 71.6 Å². The zero-order valence-electron chi connectivity index (χ0n) is 16.1. The smallest absolute Gasteiger partial charge is 0.263 e. The van der Waals surface area contributed by atoms with E-state index in [1.165, 1.54) is 30.3 Å². The van der Waals surface area contributed by atoms with Crippen LogP contribution in [0.3, 0.4) is 0 Å². The van der Waals surface area contributed by atoms with Crippen LogP contribution < -0.4 is 10.0 Å². The van der Waals surface area contributed by atoms with Gasteiger partial charge in [0.05, 0.1) is 4.90 Å². The Morgan fingerprint density at radius 3 is 2.38 bits per heavy atom. The van der Waals surface area contributed by atoms with Crippen LogP contribution in [0.5, 0.6) is 0 Å². The van der Waals surface area contributed by atoms with Gasteiger partial charge in [-0.05, 0) is 63.2 Å². The first kappa shape index (κ1) is 20.3. The Balaban J connectivity index is 1.67. The van der Waals surface area contributed by atoms with Crippen LogP contribution in [0.1, 0.15) is 23.0 Å². The number of aryl methyl sites for hydroxylation is 3. The number of benzene rings is 1. The van der Waals surface area contributed by atoms with Gasteiger partial charge in [-0.1, -0.05) is 0 Å². The number of furan rings is 1. The van der Waals surface area contributed by atoms with E-state index in [0.717, 1.165) is 5.76 Å². The first-order chi connectivity index (χ1) is 13.7. The second-order valence-corrected chi connectivity index (χ2v) is 8.03. The summed E-state index contributed by atoms with van der Waals surface area (Å²) in [5, 5.41) is 2.66. The number of nitrogens with zero attached hydrogens (tertiary/aromatic N) is 2. The number of sulfonamides is 1. The second kappa shape index (κ2) is 8.27. The van der Waals surface area contributed by atoms with Crippen molar-refractivity contribution in [2.75, 3.05) is 10.0 Å². The summed E-state index contributed by atoms with van der Waals surface area (Å²) < 4.78 is 32.9. The molecule has 0 atom stereocenters. The molecule has 0 aliphatic rings. The minimum absolute atomic E-state index is 0.0472. The molecule has 0 aliphatic heterocycles. The Morgan fingerprint density at radius 1 is 1.03 bits per heavy atom. The maximum Gasteiger partial charge on any atom is 0.263 e. The molecule has 0 unspecified atom stereocenters. The van der Waals surface area contributed by atoms with Crippen LogP contribution in [0.15, 0.2) is 57.9 Å². The molecule has 29 heavy (non-hydrogen) atoms. The Labute approximate surface area is 168 Å². The lowest BCUT2D eigenvalue weighted by Gasteiger charge is -2.09. The van der Waals surface area contributed by atoms with Gasteiger partial charge in [-0.2, -0.15) is 0 Å².